The second-order valence-corrected chi connectivity index (χ2v) is 19.6. The topological polar surface area (TPSA) is 162 Å². The van der Waals surface area contributed by atoms with E-state index in [0.717, 1.165) is 107 Å². The van der Waals surface area contributed by atoms with Crippen LogP contribution in [0.25, 0.3) is 0 Å². The third-order valence-electron chi connectivity index (χ3n) is 13.8. The number of nitrogen functional groups attached to an aromatic ring is 1. The van der Waals surface area contributed by atoms with Gasteiger partial charge in [-0.2, -0.15) is 10.2 Å². The second kappa shape index (κ2) is 28.7. The van der Waals surface area contributed by atoms with Gasteiger partial charge < -0.3 is 49.8 Å². The van der Waals surface area contributed by atoms with Crippen molar-refractivity contribution in [1.29, 1.82) is 0 Å². The van der Waals surface area contributed by atoms with Gasteiger partial charge in [0, 0.05) is 91.8 Å². The van der Waals surface area contributed by atoms with Crippen LogP contribution in [0.4, 0.5) is 43.4 Å². The fourth-order valence-electron chi connectivity index (χ4n) is 9.27. The van der Waals surface area contributed by atoms with Crippen LogP contribution in [0.5, 0.6) is 17.2 Å². The summed E-state index contributed by atoms with van der Waals surface area (Å²) in [4.78, 5) is 19.8. The van der Waals surface area contributed by atoms with Gasteiger partial charge in [-0.1, -0.05) is 0 Å². The molecule has 5 N–H and O–H groups in total. The summed E-state index contributed by atoms with van der Waals surface area (Å²) in [6.07, 6.45) is 9.22. The lowest BCUT2D eigenvalue weighted by atomic mass is 9.82. The number of carbonyl (C=O) groups is 1. The Balaban J connectivity index is 0.000000179. The normalized spacial score (nSPS) is 15.7. The Labute approximate surface area is 452 Å². The molecule has 6 aromatic rings. The number of nitrogens with one attached hydrogen (secondary N) is 1. The Morgan fingerprint density at radius 1 is 0.628 bits per heavy atom. The SMILES string of the molecule is CB(O)N1CCC(Oc2ccc(N)cc2)CC1.CB(O)N1CCC(Oc2ccc(NCc3c(F)cc(F)cc3F)cc2)CC1.CC(=O)N(Cc1c(F)cc(F)cc1F)c1ccc(OC2CCN(Cc3ccnnc3)CC2)cc1. The molecule has 0 aliphatic carbocycles. The van der Waals surface area contributed by atoms with Crippen molar-refractivity contribution >= 4 is 37.1 Å². The minimum Gasteiger partial charge on any atom is -0.490 e. The molecular weight excluding hydrogens is 1020 g/mol. The van der Waals surface area contributed by atoms with Crippen molar-refractivity contribution < 1.29 is 55.4 Å². The van der Waals surface area contributed by atoms with E-state index in [-0.39, 0.29) is 49.6 Å². The molecule has 414 valence electrons. The predicted octanol–water partition coefficient (Wildman–Crippen LogP) is 9.38. The molecule has 78 heavy (non-hydrogen) atoms. The van der Waals surface area contributed by atoms with Crippen LogP contribution in [0.1, 0.15) is 62.1 Å². The molecule has 0 spiro atoms. The van der Waals surface area contributed by atoms with Gasteiger partial charge >= 0.3 is 14.1 Å². The van der Waals surface area contributed by atoms with E-state index < -0.39 is 47.9 Å². The molecular formula is C56H66B2F6N8O6. The van der Waals surface area contributed by atoms with Crippen molar-refractivity contribution in [3.8, 4) is 17.2 Å². The molecule has 0 radical (unpaired) electrons. The lowest BCUT2D eigenvalue weighted by molar-refractivity contribution is -0.116. The number of anilines is 3. The van der Waals surface area contributed by atoms with Crippen molar-refractivity contribution in [1.82, 2.24) is 24.7 Å². The summed E-state index contributed by atoms with van der Waals surface area (Å²) < 4.78 is 99.5. The standard InChI is InChI=1S/C25H25F3N4O2.C19H22BF3N2O2.C12H19BN2O2/c1-17(33)32(16-23-24(27)12-19(26)13-25(23)28)20-2-4-21(5-3-20)34-22-7-10-31(11-8-22)15-18-6-9-29-30-14-18;1-20(26)25-8-6-16(7-9-25)27-15-4-2-14(3-5-15)24-12-17-18(22)10-13(21)11-19(17)23;1-13(16)15-8-6-12(7-9-15)17-11-4-2-10(14)3-5-11/h2-6,9,12-14,22H,7-8,10-11,15-16H2,1H3;2-5,10-11,16,24,26H,6-9,12H2,1H3;2-5,12,16H,6-9,14H2,1H3. The Kier molecular flexibility index (Phi) is 21.6. The summed E-state index contributed by atoms with van der Waals surface area (Å²) >= 11 is 0. The minimum atomic E-state index is -1.03. The molecule has 0 unspecified atom stereocenters. The molecule has 9 rings (SSSR count). The zero-order chi connectivity index (χ0) is 55.7. The van der Waals surface area contributed by atoms with Crippen molar-refractivity contribution in [2.24, 2.45) is 0 Å². The Hall–Kier alpha value is -6.84. The van der Waals surface area contributed by atoms with Crippen LogP contribution in [0, 0.1) is 34.9 Å². The average Bonchev–Trinajstić information content (AvgIpc) is 3.41. The molecule has 0 atom stereocenters. The first kappa shape index (κ1) is 58.8. The van der Waals surface area contributed by atoms with Gasteiger partial charge in [-0.3, -0.25) is 9.69 Å². The van der Waals surface area contributed by atoms with Crippen LogP contribution in [0.3, 0.4) is 0 Å². The van der Waals surface area contributed by atoms with E-state index in [1.807, 2.05) is 35.1 Å². The number of halogens is 6. The number of rotatable bonds is 16. The average molecular weight is 1080 g/mol. The van der Waals surface area contributed by atoms with Crippen LogP contribution in [-0.4, -0.2) is 112 Å². The molecule has 3 aliphatic heterocycles. The Morgan fingerprint density at radius 3 is 1.47 bits per heavy atom. The minimum absolute atomic E-state index is 0.0731. The van der Waals surface area contributed by atoms with E-state index >= 15 is 0 Å². The first-order valence-corrected chi connectivity index (χ1v) is 26.1. The van der Waals surface area contributed by atoms with E-state index in [0.29, 0.717) is 41.4 Å². The highest BCUT2D eigenvalue weighted by atomic mass is 19.2. The van der Waals surface area contributed by atoms with Gasteiger partial charge in [-0.15, -0.1) is 0 Å². The molecule has 0 saturated carbocycles. The molecule has 22 heteroatoms. The number of nitrogens with two attached hydrogens (primary N) is 1. The maximum Gasteiger partial charge on any atom is 0.376 e. The first-order valence-electron chi connectivity index (χ1n) is 26.1. The van der Waals surface area contributed by atoms with Crippen molar-refractivity contribution in [2.75, 3.05) is 55.2 Å². The third-order valence-corrected chi connectivity index (χ3v) is 13.8. The molecule has 14 nitrogen and oxygen atoms in total. The molecule has 3 aliphatic rings. The monoisotopic (exact) mass is 1080 g/mol. The third kappa shape index (κ3) is 17.9. The van der Waals surface area contributed by atoms with E-state index in [1.54, 1.807) is 74.6 Å². The number of carbonyl (C=O) groups excluding carboxylic acids is 1. The van der Waals surface area contributed by atoms with Gasteiger partial charge in [0.15, 0.2) is 0 Å². The second-order valence-electron chi connectivity index (χ2n) is 19.6. The maximum absolute atomic E-state index is 14.1. The van der Waals surface area contributed by atoms with Crippen LogP contribution in [-0.2, 0) is 24.4 Å². The van der Waals surface area contributed by atoms with Crippen molar-refractivity contribution in [2.45, 2.75) is 97.0 Å². The molecule has 1 aromatic heterocycles. The maximum atomic E-state index is 14.1. The van der Waals surface area contributed by atoms with Gasteiger partial charge in [0.25, 0.3) is 0 Å². The fraction of sp³-hybridized carbons (Fsp3) is 0.375. The molecule has 1 amide bonds. The highest BCUT2D eigenvalue weighted by Crippen LogP contribution is 2.28. The number of ether oxygens (including phenoxy) is 3. The molecule has 0 bridgehead atoms. The number of hydrogen-bond donors (Lipinski definition) is 4. The Morgan fingerprint density at radius 2 is 1.05 bits per heavy atom. The number of likely N-dealkylation sites (tertiary alicyclic amines) is 1. The van der Waals surface area contributed by atoms with Gasteiger partial charge in [-0.05, 0) is 163 Å². The van der Waals surface area contributed by atoms with Gasteiger partial charge in [0.1, 0.15) is 70.5 Å². The fourth-order valence-corrected chi connectivity index (χ4v) is 9.27. The predicted molar refractivity (Wildman–Crippen MR) is 290 cm³/mol. The molecule has 4 heterocycles. The first-order chi connectivity index (χ1) is 37.5. The summed E-state index contributed by atoms with van der Waals surface area (Å²) in [7, 11) is -0.792. The zero-order valence-corrected chi connectivity index (χ0v) is 44.0. The quantitative estimate of drug-likeness (QED) is 0.0413. The summed E-state index contributed by atoms with van der Waals surface area (Å²) in [6.45, 7) is 10.4. The summed E-state index contributed by atoms with van der Waals surface area (Å²) in [5, 5.41) is 29.7. The van der Waals surface area contributed by atoms with Crippen molar-refractivity contribution in [3.05, 3.63) is 167 Å². The molecule has 5 aromatic carbocycles. The van der Waals surface area contributed by atoms with Gasteiger partial charge in [0.05, 0.1) is 12.7 Å². The number of piperidine rings is 3. The van der Waals surface area contributed by atoms with Crippen molar-refractivity contribution in [3.63, 3.8) is 0 Å². The highest BCUT2D eigenvalue weighted by Gasteiger charge is 2.27. The number of nitrogens with zero attached hydrogens (tertiary/aromatic N) is 6. The number of hydrogen-bond acceptors (Lipinski definition) is 13. The summed E-state index contributed by atoms with van der Waals surface area (Å²) in [5.41, 5.74) is 8.06. The van der Waals surface area contributed by atoms with Crippen LogP contribution in [0.15, 0.2) is 116 Å². The van der Waals surface area contributed by atoms with E-state index in [4.69, 9.17) is 19.9 Å². The van der Waals surface area contributed by atoms with E-state index in [9.17, 15) is 41.2 Å². The lowest BCUT2D eigenvalue weighted by Crippen LogP contribution is -2.45. The number of benzene rings is 5. The molecule has 3 fully saturated rings. The summed E-state index contributed by atoms with van der Waals surface area (Å²) in [5.74, 6) is -3.98. The van der Waals surface area contributed by atoms with Crippen LogP contribution in [0.2, 0.25) is 13.6 Å². The smallest absolute Gasteiger partial charge is 0.376 e. The Bertz CT molecular complexity index is 2770. The van der Waals surface area contributed by atoms with Crippen LogP contribution < -0.4 is 30.2 Å². The highest BCUT2D eigenvalue weighted by molar-refractivity contribution is 6.45. The van der Waals surface area contributed by atoms with Crippen LogP contribution >= 0.6 is 0 Å². The lowest BCUT2D eigenvalue weighted by Gasteiger charge is -2.32. The molecule has 3 saturated heterocycles. The summed E-state index contributed by atoms with van der Waals surface area (Å²) in [6, 6.07) is 25.9. The van der Waals surface area contributed by atoms with Gasteiger partial charge in [0.2, 0.25) is 5.91 Å². The van der Waals surface area contributed by atoms with E-state index in [2.05, 4.69) is 25.2 Å². The number of amides is 1. The van der Waals surface area contributed by atoms with Gasteiger partial charge in [-0.25, -0.2) is 26.3 Å². The number of aromatic nitrogens is 2. The van der Waals surface area contributed by atoms with E-state index in [1.165, 1.54) is 11.8 Å². The zero-order valence-electron chi connectivity index (χ0n) is 44.0. The largest absolute Gasteiger partial charge is 0.490 e.